The van der Waals surface area contributed by atoms with Crippen LogP contribution in [0.15, 0.2) is 40.4 Å². The summed E-state index contributed by atoms with van der Waals surface area (Å²) in [4.78, 5) is 14.9. The number of rotatable bonds is 1. The van der Waals surface area contributed by atoms with Crippen LogP contribution >= 0.6 is 0 Å². The first-order chi connectivity index (χ1) is 6.31. The number of carbonyl (C=O) groups is 1. The molecule has 2 aliphatic rings. The predicted molar refractivity (Wildman–Crippen MR) is 47.9 cm³/mol. The monoisotopic (exact) mass is 176 g/mol. The van der Waals surface area contributed by atoms with Crippen LogP contribution in [0.25, 0.3) is 0 Å². The Morgan fingerprint density at radius 1 is 1.46 bits per heavy atom. The van der Waals surface area contributed by atoms with Crippen molar-refractivity contribution >= 4 is 12.1 Å². The van der Waals surface area contributed by atoms with Crippen LogP contribution in [0.3, 0.4) is 0 Å². The number of nitrogens with one attached hydrogen (secondary N) is 1. The highest BCUT2D eigenvalue weighted by atomic mass is 16.5. The minimum absolute atomic E-state index is 0.125. The van der Waals surface area contributed by atoms with Crippen molar-refractivity contribution in [2.24, 2.45) is 4.99 Å². The number of amides is 1. The van der Waals surface area contributed by atoms with Crippen molar-refractivity contribution in [2.45, 2.75) is 0 Å². The zero-order chi connectivity index (χ0) is 9.26. The molecule has 2 heterocycles. The Labute approximate surface area is 75.3 Å². The summed E-state index contributed by atoms with van der Waals surface area (Å²) in [6.07, 6.45) is 6.54. The van der Waals surface area contributed by atoms with Crippen molar-refractivity contribution < 1.29 is 9.53 Å². The van der Waals surface area contributed by atoms with Gasteiger partial charge in [0, 0.05) is 18.4 Å². The Morgan fingerprint density at radius 3 is 2.92 bits per heavy atom. The molecule has 0 unspecified atom stereocenters. The molecule has 0 aliphatic carbocycles. The Bertz CT molecular complexity index is 375. The van der Waals surface area contributed by atoms with E-state index in [2.05, 4.69) is 10.3 Å². The van der Waals surface area contributed by atoms with E-state index in [1.54, 1.807) is 25.5 Å². The van der Waals surface area contributed by atoms with Gasteiger partial charge in [-0.25, -0.2) is 0 Å². The lowest BCUT2D eigenvalue weighted by atomic mass is 10.3. The van der Waals surface area contributed by atoms with Crippen molar-refractivity contribution in [2.75, 3.05) is 7.11 Å². The SMILES string of the molecule is COC1=CC=N/C1=C1/C=CC(=O)N1. The number of hydrogen-bond acceptors (Lipinski definition) is 3. The van der Waals surface area contributed by atoms with Gasteiger partial charge in [0.15, 0.2) is 0 Å². The molecule has 1 N–H and O–H groups in total. The number of hydrogen-bond donors (Lipinski definition) is 1. The Kier molecular flexibility index (Phi) is 1.73. The van der Waals surface area contributed by atoms with Crippen LogP contribution in [0.1, 0.15) is 0 Å². The van der Waals surface area contributed by atoms with E-state index in [0.717, 1.165) is 0 Å². The predicted octanol–water partition coefficient (Wildman–Crippen LogP) is 0.499. The minimum Gasteiger partial charge on any atom is -0.494 e. The maximum absolute atomic E-state index is 10.9. The van der Waals surface area contributed by atoms with Crippen LogP contribution in [-0.2, 0) is 9.53 Å². The van der Waals surface area contributed by atoms with Crippen LogP contribution < -0.4 is 5.32 Å². The summed E-state index contributed by atoms with van der Waals surface area (Å²) in [7, 11) is 1.57. The smallest absolute Gasteiger partial charge is 0.248 e. The number of ether oxygens (including phenoxy) is 1. The second-order valence-corrected chi connectivity index (χ2v) is 2.60. The van der Waals surface area contributed by atoms with Crippen molar-refractivity contribution in [1.29, 1.82) is 0 Å². The molecule has 13 heavy (non-hydrogen) atoms. The van der Waals surface area contributed by atoms with Gasteiger partial charge in [-0.15, -0.1) is 0 Å². The van der Waals surface area contributed by atoms with E-state index in [0.29, 0.717) is 17.2 Å². The summed E-state index contributed by atoms with van der Waals surface area (Å²) in [6, 6.07) is 0. The summed E-state index contributed by atoms with van der Waals surface area (Å²) in [5.74, 6) is 0.543. The van der Waals surface area contributed by atoms with Crippen LogP contribution in [0.2, 0.25) is 0 Å². The number of carbonyl (C=O) groups excluding carboxylic acids is 1. The third-order valence-corrected chi connectivity index (χ3v) is 1.80. The second-order valence-electron chi connectivity index (χ2n) is 2.60. The van der Waals surface area contributed by atoms with Crippen molar-refractivity contribution in [3.8, 4) is 0 Å². The fourth-order valence-corrected chi connectivity index (χ4v) is 1.20. The van der Waals surface area contributed by atoms with Gasteiger partial charge in [-0.1, -0.05) is 0 Å². The molecule has 0 aromatic carbocycles. The Hall–Kier alpha value is -1.84. The third kappa shape index (κ3) is 1.26. The molecule has 0 saturated carbocycles. The van der Waals surface area contributed by atoms with Gasteiger partial charge in [0.05, 0.1) is 12.8 Å². The van der Waals surface area contributed by atoms with Crippen LogP contribution in [0, 0.1) is 0 Å². The normalized spacial score (nSPS) is 25.0. The lowest BCUT2D eigenvalue weighted by molar-refractivity contribution is -0.115. The highest BCUT2D eigenvalue weighted by Crippen LogP contribution is 2.21. The van der Waals surface area contributed by atoms with Crippen LogP contribution in [0.5, 0.6) is 0 Å². The van der Waals surface area contributed by atoms with Crippen molar-refractivity contribution in [1.82, 2.24) is 5.32 Å². The first-order valence-corrected chi connectivity index (χ1v) is 3.83. The average Bonchev–Trinajstić information content (AvgIpc) is 2.71. The molecule has 0 saturated heterocycles. The van der Waals surface area contributed by atoms with E-state index in [-0.39, 0.29) is 5.91 Å². The molecule has 4 heteroatoms. The fraction of sp³-hybridized carbons (Fsp3) is 0.111. The molecule has 0 bridgehead atoms. The molecule has 0 radical (unpaired) electrons. The Balaban J connectivity index is 2.35. The van der Waals surface area contributed by atoms with E-state index < -0.39 is 0 Å². The molecule has 2 aliphatic heterocycles. The lowest BCUT2D eigenvalue weighted by Crippen LogP contribution is -2.14. The molecule has 4 nitrogen and oxygen atoms in total. The van der Waals surface area contributed by atoms with E-state index in [9.17, 15) is 4.79 Å². The number of nitrogens with zero attached hydrogens (tertiary/aromatic N) is 1. The zero-order valence-corrected chi connectivity index (χ0v) is 7.07. The lowest BCUT2D eigenvalue weighted by Gasteiger charge is -2.04. The molecular formula is C9H8N2O2. The topological polar surface area (TPSA) is 50.7 Å². The molecule has 0 aromatic heterocycles. The largest absolute Gasteiger partial charge is 0.494 e. The van der Waals surface area contributed by atoms with E-state index in [1.807, 2.05) is 0 Å². The summed E-state index contributed by atoms with van der Waals surface area (Å²) in [6.45, 7) is 0. The van der Waals surface area contributed by atoms with Gasteiger partial charge in [-0.05, 0) is 6.08 Å². The van der Waals surface area contributed by atoms with Crippen molar-refractivity contribution in [3.05, 3.63) is 35.4 Å². The number of aliphatic imine (C=N–C) groups is 1. The standard InChI is InChI=1S/C9H8N2O2/c1-13-7-4-5-10-9(7)6-2-3-8(12)11-6/h2-5H,1H3,(H,11,12)/b9-6-. The zero-order valence-electron chi connectivity index (χ0n) is 7.07. The van der Waals surface area contributed by atoms with Gasteiger partial charge >= 0.3 is 0 Å². The van der Waals surface area contributed by atoms with Gasteiger partial charge in [0.25, 0.3) is 0 Å². The van der Waals surface area contributed by atoms with Gasteiger partial charge in [-0.2, -0.15) is 0 Å². The van der Waals surface area contributed by atoms with E-state index >= 15 is 0 Å². The van der Waals surface area contributed by atoms with E-state index in [1.165, 1.54) is 6.08 Å². The first-order valence-electron chi connectivity index (χ1n) is 3.83. The molecule has 66 valence electrons. The summed E-state index contributed by atoms with van der Waals surface area (Å²) in [5.41, 5.74) is 1.36. The highest BCUT2D eigenvalue weighted by Gasteiger charge is 2.17. The minimum atomic E-state index is -0.125. The van der Waals surface area contributed by atoms with Crippen LogP contribution in [-0.4, -0.2) is 19.2 Å². The summed E-state index contributed by atoms with van der Waals surface area (Å²) < 4.78 is 5.06. The maximum Gasteiger partial charge on any atom is 0.248 e. The highest BCUT2D eigenvalue weighted by molar-refractivity contribution is 5.94. The number of methoxy groups -OCH3 is 1. The van der Waals surface area contributed by atoms with Gasteiger partial charge in [-0.3, -0.25) is 9.79 Å². The summed E-state index contributed by atoms with van der Waals surface area (Å²) >= 11 is 0. The first kappa shape index (κ1) is 7.79. The maximum atomic E-state index is 10.9. The Morgan fingerprint density at radius 2 is 2.31 bits per heavy atom. The molecule has 2 rings (SSSR count). The van der Waals surface area contributed by atoms with Gasteiger partial charge < -0.3 is 10.1 Å². The third-order valence-electron chi connectivity index (χ3n) is 1.80. The molecule has 0 spiro atoms. The van der Waals surface area contributed by atoms with E-state index in [4.69, 9.17) is 4.74 Å². The molecule has 1 amide bonds. The molecule has 0 atom stereocenters. The number of allylic oxidation sites excluding steroid dienone is 2. The van der Waals surface area contributed by atoms with Crippen molar-refractivity contribution in [3.63, 3.8) is 0 Å². The molecule has 0 fully saturated rings. The van der Waals surface area contributed by atoms with Crippen LogP contribution in [0.4, 0.5) is 0 Å². The van der Waals surface area contributed by atoms with Gasteiger partial charge in [0.1, 0.15) is 11.5 Å². The summed E-state index contributed by atoms with van der Waals surface area (Å²) in [5, 5.41) is 2.66. The quantitative estimate of drug-likeness (QED) is 0.632. The molecular weight excluding hydrogens is 168 g/mol. The fourth-order valence-electron chi connectivity index (χ4n) is 1.20. The van der Waals surface area contributed by atoms with Gasteiger partial charge in [0.2, 0.25) is 5.91 Å². The second kappa shape index (κ2) is 2.90. The molecule has 0 aromatic rings. The average molecular weight is 176 g/mol.